The van der Waals surface area contributed by atoms with Gasteiger partial charge in [-0.2, -0.15) is 0 Å². The molecule has 0 aromatic heterocycles. The van der Waals surface area contributed by atoms with Crippen LogP contribution >= 0.6 is 23.4 Å². The first-order chi connectivity index (χ1) is 9.95. The molecule has 2 aromatic carbocycles. The largest absolute Gasteiger partial charge is 0.481 e. The van der Waals surface area contributed by atoms with Gasteiger partial charge in [0.1, 0.15) is 0 Å². The fraction of sp³-hybridized carbons (Fsp3) is 0.0667. The third-order valence-electron chi connectivity index (χ3n) is 2.69. The van der Waals surface area contributed by atoms with Gasteiger partial charge in [-0.15, -0.1) is 0 Å². The molecule has 0 aliphatic carbocycles. The van der Waals surface area contributed by atoms with Crippen LogP contribution < -0.4 is 0 Å². The molecule has 0 heterocycles. The van der Waals surface area contributed by atoms with Crippen molar-refractivity contribution in [2.45, 2.75) is 16.2 Å². The van der Waals surface area contributed by atoms with E-state index in [9.17, 15) is 9.59 Å². The number of benzene rings is 2. The Kier molecular flexibility index (Phi) is 4.88. The summed E-state index contributed by atoms with van der Waals surface area (Å²) in [4.78, 5) is 23.2. The van der Waals surface area contributed by atoms with Crippen LogP contribution in [0.2, 0.25) is 5.02 Å². The molecule has 2 aromatic rings. The average Bonchev–Trinajstić information content (AvgIpc) is 2.40. The van der Waals surface area contributed by atoms with E-state index in [2.05, 4.69) is 0 Å². The molecule has 21 heavy (non-hydrogen) atoms. The zero-order valence-electron chi connectivity index (χ0n) is 10.7. The van der Waals surface area contributed by atoms with Crippen LogP contribution in [0.5, 0.6) is 0 Å². The Morgan fingerprint density at radius 2 is 1.62 bits per heavy atom. The van der Waals surface area contributed by atoms with Gasteiger partial charge >= 0.3 is 11.9 Å². The average molecular weight is 323 g/mol. The Bertz CT molecular complexity index is 683. The summed E-state index contributed by atoms with van der Waals surface area (Å²) in [7, 11) is 0. The van der Waals surface area contributed by atoms with Gasteiger partial charge in [0.15, 0.2) is 0 Å². The Morgan fingerprint density at radius 3 is 2.14 bits per heavy atom. The Labute approximate surface area is 130 Å². The van der Waals surface area contributed by atoms with Gasteiger partial charge in [-0.05, 0) is 35.9 Å². The molecule has 0 fully saturated rings. The third kappa shape index (κ3) is 4.24. The van der Waals surface area contributed by atoms with Crippen LogP contribution in [0.3, 0.4) is 0 Å². The second-order valence-electron chi connectivity index (χ2n) is 4.26. The maximum Gasteiger partial charge on any atom is 0.337 e. The number of hydrogen-bond donors (Lipinski definition) is 2. The Hall–Kier alpha value is -1.98. The number of hydrogen-bond acceptors (Lipinski definition) is 3. The smallest absolute Gasteiger partial charge is 0.337 e. The summed E-state index contributed by atoms with van der Waals surface area (Å²) < 4.78 is 0. The van der Waals surface area contributed by atoms with Crippen molar-refractivity contribution in [3.8, 4) is 0 Å². The molecule has 0 saturated carbocycles. The van der Waals surface area contributed by atoms with Gasteiger partial charge in [0.25, 0.3) is 0 Å². The van der Waals surface area contributed by atoms with Crippen LogP contribution in [0.15, 0.2) is 52.3 Å². The number of rotatable bonds is 5. The molecule has 4 nitrogen and oxygen atoms in total. The minimum absolute atomic E-state index is 0.00984. The zero-order chi connectivity index (χ0) is 15.4. The molecule has 0 unspecified atom stereocenters. The second-order valence-corrected chi connectivity index (χ2v) is 5.82. The first-order valence-corrected chi connectivity index (χ1v) is 7.16. The minimum atomic E-state index is -1.06. The van der Waals surface area contributed by atoms with Crippen molar-refractivity contribution >= 4 is 35.3 Å². The minimum Gasteiger partial charge on any atom is -0.481 e. The standard InChI is InChI=1S/C15H11ClO4S/c16-13-8-11(5-6-12(13)15(19)20)21-10-3-1-9(2-4-10)7-14(17)18/h1-6,8H,7H2,(H,17,18)(H,19,20). The van der Waals surface area contributed by atoms with E-state index in [4.69, 9.17) is 21.8 Å². The van der Waals surface area contributed by atoms with E-state index in [0.717, 1.165) is 15.4 Å². The fourth-order valence-corrected chi connectivity index (χ4v) is 2.90. The van der Waals surface area contributed by atoms with E-state index < -0.39 is 11.9 Å². The summed E-state index contributed by atoms with van der Waals surface area (Å²) in [6.07, 6.45) is -0.00984. The summed E-state index contributed by atoms with van der Waals surface area (Å²) in [6.45, 7) is 0. The molecule has 0 saturated heterocycles. The second kappa shape index (κ2) is 6.65. The maximum absolute atomic E-state index is 10.9. The number of aromatic carboxylic acids is 1. The SMILES string of the molecule is O=C(O)Cc1ccc(Sc2ccc(C(=O)O)c(Cl)c2)cc1. The van der Waals surface area contributed by atoms with Crippen molar-refractivity contribution in [3.05, 3.63) is 58.6 Å². The summed E-state index contributed by atoms with van der Waals surface area (Å²) in [5.41, 5.74) is 0.795. The zero-order valence-corrected chi connectivity index (χ0v) is 12.3. The van der Waals surface area contributed by atoms with Gasteiger partial charge in [-0.25, -0.2) is 4.79 Å². The lowest BCUT2D eigenvalue weighted by atomic mass is 10.2. The van der Waals surface area contributed by atoms with E-state index >= 15 is 0 Å². The number of carbonyl (C=O) groups is 2. The lowest BCUT2D eigenvalue weighted by molar-refractivity contribution is -0.136. The van der Waals surface area contributed by atoms with E-state index in [0.29, 0.717) is 0 Å². The summed E-state index contributed by atoms with van der Waals surface area (Å²) in [5.74, 6) is -1.93. The topological polar surface area (TPSA) is 74.6 Å². The van der Waals surface area contributed by atoms with Gasteiger partial charge in [-0.1, -0.05) is 35.5 Å². The molecule has 2 N–H and O–H groups in total. The van der Waals surface area contributed by atoms with Crippen LogP contribution in [0.25, 0.3) is 0 Å². The Balaban J connectivity index is 2.13. The van der Waals surface area contributed by atoms with Crippen molar-refractivity contribution in [3.63, 3.8) is 0 Å². The van der Waals surface area contributed by atoms with Crippen LogP contribution in [0, 0.1) is 0 Å². The van der Waals surface area contributed by atoms with Crippen molar-refractivity contribution in [1.82, 2.24) is 0 Å². The van der Waals surface area contributed by atoms with Crippen LogP contribution in [-0.2, 0) is 11.2 Å². The molecule has 0 radical (unpaired) electrons. The maximum atomic E-state index is 10.9. The highest BCUT2D eigenvalue weighted by Crippen LogP contribution is 2.31. The first-order valence-electron chi connectivity index (χ1n) is 5.97. The van der Waals surface area contributed by atoms with Crippen molar-refractivity contribution in [2.24, 2.45) is 0 Å². The molecule has 0 amide bonds. The van der Waals surface area contributed by atoms with Crippen molar-refractivity contribution < 1.29 is 19.8 Å². The molecule has 6 heteroatoms. The Morgan fingerprint density at radius 1 is 1.00 bits per heavy atom. The molecule has 2 rings (SSSR count). The first kappa shape index (κ1) is 15.4. The molecule has 0 spiro atoms. The van der Waals surface area contributed by atoms with Gasteiger partial charge < -0.3 is 10.2 Å². The summed E-state index contributed by atoms with van der Waals surface area (Å²) >= 11 is 7.34. The number of aliphatic carboxylic acids is 1. The quantitative estimate of drug-likeness (QED) is 0.875. The van der Waals surface area contributed by atoms with Gasteiger partial charge in [0, 0.05) is 9.79 Å². The van der Waals surface area contributed by atoms with E-state index in [-0.39, 0.29) is 17.0 Å². The van der Waals surface area contributed by atoms with Crippen LogP contribution in [-0.4, -0.2) is 22.2 Å². The van der Waals surface area contributed by atoms with Gasteiger partial charge in [-0.3, -0.25) is 4.79 Å². The van der Waals surface area contributed by atoms with E-state index in [1.54, 1.807) is 24.3 Å². The monoisotopic (exact) mass is 322 g/mol. The van der Waals surface area contributed by atoms with Crippen LogP contribution in [0.4, 0.5) is 0 Å². The summed E-state index contributed by atoms with van der Waals surface area (Å²) in [5, 5.41) is 17.8. The van der Waals surface area contributed by atoms with Gasteiger partial charge in [0.2, 0.25) is 0 Å². The predicted octanol–water partition coefficient (Wildman–Crippen LogP) is 3.82. The summed E-state index contributed by atoms with van der Waals surface area (Å²) in [6, 6.07) is 11.9. The van der Waals surface area contributed by atoms with Crippen LogP contribution in [0.1, 0.15) is 15.9 Å². The lowest BCUT2D eigenvalue weighted by Crippen LogP contribution is -1.99. The molecule has 0 bridgehead atoms. The molecular formula is C15H11ClO4S. The highest BCUT2D eigenvalue weighted by atomic mass is 35.5. The van der Waals surface area contributed by atoms with Crippen molar-refractivity contribution in [2.75, 3.05) is 0 Å². The van der Waals surface area contributed by atoms with E-state index in [1.165, 1.54) is 17.8 Å². The molecule has 0 aliphatic heterocycles. The lowest BCUT2D eigenvalue weighted by Gasteiger charge is -2.05. The molecule has 108 valence electrons. The molecular weight excluding hydrogens is 312 g/mol. The number of halogens is 1. The normalized spacial score (nSPS) is 10.3. The fourth-order valence-electron chi connectivity index (χ4n) is 1.72. The van der Waals surface area contributed by atoms with Gasteiger partial charge in [0.05, 0.1) is 17.0 Å². The highest BCUT2D eigenvalue weighted by Gasteiger charge is 2.09. The van der Waals surface area contributed by atoms with E-state index in [1.807, 2.05) is 12.1 Å². The third-order valence-corrected chi connectivity index (χ3v) is 4.00. The number of carboxylic acid groups (broad SMARTS) is 2. The predicted molar refractivity (Wildman–Crippen MR) is 80.3 cm³/mol. The highest BCUT2D eigenvalue weighted by molar-refractivity contribution is 7.99. The van der Waals surface area contributed by atoms with Crippen molar-refractivity contribution in [1.29, 1.82) is 0 Å². The molecule has 0 atom stereocenters. The number of carboxylic acids is 2. The molecule has 0 aliphatic rings.